The van der Waals surface area contributed by atoms with Gasteiger partial charge >= 0.3 is 0 Å². The van der Waals surface area contributed by atoms with Crippen LogP contribution >= 0.6 is 23.4 Å². The molecule has 3 rings (SSSR count). The summed E-state index contributed by atoms with van der Waals surface area (Å²) >= 11 is 7.82. The molecule has 0 amide bonds. The van der Waals surface area contributed by atoms with Gasteiger partial charge in [-0.05, 0) is 35.9 Å². The van der Waals surface area contributed by atoms with E-state index in [9.17, 15) is 0 Å². The molecular weight excluding hydrogens is 382 g/mol. The van der Waals surface area contributed by atoms with E-state index in [2.05, 4.69) is 16.8 Å². The van der Waals surface area contributed by atoms with Crippen molar-refractivity contribution in [2.24, 2.45) is 0 Å². The number of halogens is 1. The normalized spacial score (nSPS) is 10.6. The SMILES string of the molecule is C=CCn1c(COc2ccc(OC)cc2)nnc1SCc1ccccc1Cl. The van der Waals surface area contributed by atoms with E-state index in [4.69, 9.17) is 21.1 Å². The number of aromatic nitrogens is 3. The first-order valence-corrected chi connectivity index (χ1v) is 9.73. The molecule has 0 aliphatic heterocycles. The van der Waals surface area contributed by atoms with Gasteiger partial charge in [0.25, 0.3) is 0 Å². The maximum Gasteiger partial charge on any atom is 0.191 e. The van der Waals surface area contributed by atoms with E-state index in [0.29, 0.717) is 18.9 Å². The van der Waals surface area contributed by atoms with Crippen molar-refractivity contribution in [3.63, 3.8) is 0 Å². The zero-order valence-electron chi connectivity index (χ0n) is 15.0. The third-order valence-electron chi connectivity index (χ3n) is 3.85. The van der Waals surface area contributed by atoms with Gasteiger partial charge in [0.05, 0.1) is 7.11 Å². The molecule has 0 aliphatic carbocycles. The Bertz CT molecular complexity index is 896. The predicted octanol–water partition coefficient (Wildman–Crippen LogP) is 5.00. The molecule has 0 unspecified atom stereocenters. The minimum atomic E-state index is 0.319. The highest BCUT2D eigenvalue weighted by atomic mass is 35.5. The number of allylic oxidation sites excluding steroid dienone is 1. The number of rotatable bonds is 9. The molecule has 27 heavy (non-hydrogen) atoms. The van der Waals surface area contributed by atoms with Gasteiger partial charge in [-0.1, -0.05) is 47.6 Å². The summed E-state index contributed by atoms with van der Waals surface area (Å²) in [7, 11) is 1.63. The highest BCUT2D eigenvalue weighted by molar-refractivity contribution is 7.98. The highest BCUT2D eigenvalue weighted by Gasteiger charge is 2.13. The summed E-state index contributed by atoms with van der Waals surface area (Å²) in [5.74, 6) is 2.99. The van der Waals surface area contributed by atoms with E-state index >= 15 is 0 Å². The molecule has 0 radical (unpaired) electrons. The lowest BCUT2D eigenvalue weighted by Crippen LogP contribution is -2.07. The zero-order valence-corrected chi connectivity index (χ0v) is 16.5. The molecule has 0 N–H and O–H groups in total. The molecule has 0 spiro atoms. The fourth-order valence-electron chi connectivity index (χ4n) is 2.42. The maximum atomic E-state index is 6.23. The topological polar surface area (TPSA) is 49.2 Å². The van der Waals surface area contributed by atoms with Crippen molar-refractivity contribution in [1.29, 1.82) is 0 Å². The average Bonchev–Trinajstić information content (AvgIpc) is 3.08. The van der Waals surface area contributed by atoms with Crippen molar-refractivity contribution in [3.8, 4) is 11.5 Å². The Morgan fingerprint density at radius 3 is 2.56 bits per heavy atom. The number of nitrogens with zero attached hydrogens (tertiary/aromatic N) is 3. The minimum Gasteiger partial charge on any atom is -0.497 e. The van der Waals surface area contributed by atoms with Crippen molar-refractivity contribution < 1.29 is 9.47 Å². The molecule has 0 aliphatic rings. The van der Waals surface area contributed by atoms with E-state index in [1.165, 1.54) is 0 Å². The Morgan fingerprint density at radius 2 is 1.85 bits per heavy atom. The summed E-state index contributed by atoms with van der Waals surface area (Å²) in [6.45, 7) is 4.76. The van der Waals surface area contributed by atoms with Gasteiger partial charge in [-0.25, -0.2) is 0 Å². The van der Waals surface area contributed by atoms with Crippen LogP contribution < -0.4 is 9.47 Å². The van der Waals surface area contributed by atoms with Crippen LogP contribution in [0.3, 0.4) is 0 Å². The van der Waals surface area contributed by atoms with E-state index in [1.807, 2.05) is 59.2 Å². The number of ether oxygens (including phenoxy) is 2. The van der Waals surface area contributed by atoms with E-state index < -0.39 is 0 Å². The summed E-state index contributed by atoms with van der Waals surface area (Å²) < 4.78 is 13.0. The van der Waals surface area contributed by atoms with Crippen LogP contribution in [-0.2, 0) is 18.9 Å². The minimum absolute atomic E-state index is 0.319. The fourth-order valence-corrected chi connectivity index (χ4v) is 3.68. The Kier molecular flexibility index (Phi) is 6.79. The second-order valence-corrected chi connectivity index (χ2v) is 6.99. The predicted molar refractivity (Wildman–Crippen MR) is 109 cm³/mol. The molecule has 140 valence electrons. The second-order valence-electron chi connectivity index (χ2n) is 5.64. The quantitative estimate of drug-likeness (QED) is 0.373. The second kappa shape index (κ2) is 9.48. The van der Waals surface area contributed by atoms with Crippen LogP contribution in [0.15, 0.2) is 66.3 Å². The van der Waals surface area contributed by atoms with Gasteiger partial charge in [-0.3, -0.25) is 4.57 Å². The van der Waals surface area contributed by atoms with Crippen LogP contribution in [0.4, 0.5) is 0 Å². The number of benzene rings is 2. The van der Waals surface area contributed by atoms with E-state index in [-0.39, 0.29) is 0 Å². The Hall–Kier alpha value is -2.44. The Labute approximate surface area is 168 Å². The molecule has 0 atom stereocenters. The van der Waals surface area contributed by atoms with Crippen molar-refractivity contribution in [1.82, 2.24) is 14.8 Å². The Morgan fingerprint density at radius 1 is 1.11 bits per heavy atom. The van der Waals surface area contributed by atoms with Crippen LogP contribution in [0.5, 0.6) is 11.5 Å². The van der Waals surface area contributed by atoms with Gasteiger partial charge in [0.1, 0.15) is 18.1 Å². The number of hydrogen-bond acceptors (Lipinski definition) is 5. The lowest BCUT2D eigenvalue weighted by atomic mass is 10.2. The summed E-state index contributed by atoms with van der Waals surface area (Å²) in [5.41, 5.74) is 1.06. The fraction of sp³-hybridized carbons (Fsp3) is 0.200. The van der Waals surface area contributed by atoms with Crippen LogP contribution in [0.2, 0.25) is 5.02 Å². The Balaban J connectivity index is 1.68. The van der Waals surface area contributed by atoms with Crippen molar-refractivity contribution >= 4 is 23.4 Å². The standard InChI is InChI=1S/C20H20ClN3O2S/c1-3-12-24-19(13-26-17-10-8-16(25-2)9-11-17)22-23-20(24)27-14-15-6-4-5-7-18(15)21/h3-11H,1,12-14H2,2H3. The molecule has 7 heteroatoms. The highest BCUT2D eigenvalue weighted by Crippen LogP contribution is 2.26. The van der Waals surface area contributed by atoms with Crippen LogP contribution in [-0.4, -0.2) is 21.9 Å². The molecule has 1 aromatic heterocycles. The smallest absolute Gasteiger partial charge is 0.191 e. The monoisotopic (exact) mass is 401 g/mol. The lowest BCUT2D eigenvalue weighted by Gasteiger charge is -2.10. The van der Waals surface area contributed by atoms with E-state index in [0.717, 1.165) is 33.1 Å². The summed E-state index contributed by atoms with van der Waals surface area (Å²) in [4.78, 5) is 0. The van der Waals surface area contributed by atoms with Crippen molar-refractivity contribution in [2.45, 2.75) is 24.1 Å². The summed E-state index contributed by atoms with van der Waals surface area (Å²) in [6, 6.07) is 15.2. The van der Waals surface area contributed by atoms with Gasteiger partial charge in [0, 0.05) is 17.3 Å². The first-order chi connectivity index (χ1) is 13.2. The summed E-state index contributed by atoms with van der Waals surface area (Å²) in [6.07, 6.45) is 1.82. The van der Waals surface area contributed by atoms with Crippen molar-refractivity contribution in [3.05, 3.63) is 77.6 Å². The maximum absolute atomic E-state index is 6.23. The third-order valence-corrected chi connectivity index (χ3v) is 5.23. The van der Waals surface area contributed by atoms with Gasteiger partial charge in [0.2, 0.25) is 0 Å². The van der Waals surface area contributed by atoms with Crippen LogP contribution in [0.1, 0.15) is 11.4 Å². The lowest BCUT2D eigenvalue weighted by molar-refractivity contribution is 0.288. The van der Waals surface area contributed by atoms with Gasteiger partial charge in [0.15, 0.2) is 11.0 Å². The van der Waals surface area contributed by atoms with E-state index in [1.54, 1.807) is 18.9 Å². The zero-order chi connectivity index (χ0) is 19.1. The molecule has 3 aromatic rings. The van der Waals surface area contributed by atoms with Gasteiger partial charge in [-0.15, -0.1) is 16.8 Å². The molecule has 0 saturated heterocycles. The molecule has 2 aromatic carbocycles. The first-order valence-electron chi connectivity index (χ1n) is 8.37. The first kappa shape index (κ1) is 19.3. The molecular formula is C20H20ClN3O2S. The molecule has 1 heterocycles. The average molecular weight is 402 g/mol. The molecule has 0 saturated carbocycles. The van der Waals surface area contributed by atoms with Gasteiger partial charge in [-0.2, -0.15) is 0 Å². The van der Waals surface area contributed by atoms with Crippen LogP contribution in [0, 0.1) is 0 Å². The number of hydrogen-bond donors (Lipinski definition) is 0. The van der Waals surface area contributed by atoms with Crippen LogP contribution in [0.25, 0.3) is 0 Å². The molecule has 0 fully saturated rings. The largest absolute Gasteiger partial charge is 0.497 e. The summed E-state index contributed by atoms with van der Waals surface area (Å²) in [5, 5.41) is 10.1. The van der Waals surface area contributed by atoms with Crippen molar-refractivity contribution in [2.75, 3.05) is 7.11 Å². The molecule has 5 nitrogen and oxygen atoms in total. The third kappa shape index (κ3) is 5.05. The van der Waals surface area contributed by atoms with Gasteiger partial charge < -0.3 is 9.47 Å². The number of methoxy groups -OCH3 is 1. The molecule has 0 bridgehead atoms. The number of thioether (sulfide) groups is 1.